The number of likely N-dealkylation sites (tertiary alicyclic amines) is 1. The Bertz CT molecular complexity index is 239. The highest BCUT2D eigenvalue weighted by atomic mass is 16.2. The second-order valence-corrected chi connectivity index (χ2v) is 5.46. The molecule has 3 N–H and O–H groups in total. The average Bonchev–Trinajstić information content (AvgIpc) is 2.42. The highest BCUT2D eigenvalue weighted by Crippen LogP contribution is 2.08. The van der Waals surface area contributed by atoms with Gasteiger partial charge in [0.2, 0.25) is 5.91 Å². The van der Waals surface area contributed by atoms with Crippen LogP contribution in [0.2, 0.25) is 0 Å². The van der Waals surface area contributed by atoms with Gasteiger partial charge in [-0.1, -0.05) is 26.7 Å². The zero-order valence-electron chi connectivity index (χ0n) is 12.0. The number of carbonyl (C=O) groups is 1. The van der Waals surface area contributed by atoms with Gasteiger partial charge >= 0.3 is 0 Å². The minimum absolute atomic E-state index is 0.00277. The quantitative estimate of drug-likeness (QED) is 0.675. The molecule has 18 heavy (non-hydrogen) atoms. The molecule has 0 aromatic carbocycles. The van der Waals surface area contributed by atoms with E-state index in [4.69, 9.17) is 5.73 Å². The minimum atomic E-state index is -0.356. The van der Waals surface area contributed by atoms with Gasteiger partial charge in [0.15, 0.2) is 0 Å². The summed E-state index contributed by atoms with van der Waals surface area (Å²) in [7, 11) is 0. The van der Waals surface area contributed by atoms with Crippen LogP contribution in [0.1, 0.15) is 46.0 Å². The maximum atomic E-state index is 11.7. The average molecular weight is 255 g/mol. The number of amides is 1. The molecule has 0 unspecified atom stereocenters. The van der Waals surface area contributed by atoms with Gasteiger partial charge in [-0.25, -0.2) is 0 Å². The van der Waals surface area contributed by atoms with E-state index in [9.17, 15) is 4.79 Å². The first kappa shape index (κ1) is 15.4. The lowest BCUT2D eigenvalue weighted by Gasteiger charge is -2.26. The molecule has 1 saturated heterocycles. The molecule has 0 radical (unpaired) electrons. The third-order valence-electron chi connectivity index (χ3n) is 3.96. The summed E-state index contributed by atoms with van der Waals surface area (Å²) < 4.78 is 0. The van der Waals surface area contributed by atoms with Crippen LogP contribution in [-0.4, -0.2) is 43.0 Å². The number of nitrogens with one attached hydrogen (secondary N) is 1. The molecule has 0 bridgehead atoms. The smallest absolute Gasteiger partial charge is 0.237 e. The molecule has 1 aliphatic rings. The molecule has 2 atom stereocenters. The molecule has 1 aliphatic heterocycles. The Hall–Kier alpha value is -0.610. The summed E-state index contributed by atoms with van der Waals surface area (Å²) in [5.74, 6) is 0.259. The number of hydrogen-bond acceptors (Lipinski definition) is 3. The molecular formula is C14H29N3O. The van der Waals surface area contributed by atoms with Crippen molar-refractivity contribution in [1.29, 1.82) is 0 Å². The normalized spacial score (nSPS) is 20.4. The SMILES string of the molecule is CC[C@H](C)[C@H](N)C(=O)NCCCN1CCCCC1. The van der Waals surface area contributed by atoms with Crippen LogP contribution < -0.4 is 11.1 Å². The summed E-state index contributed by atoms with van der Waals surface area (Å²) in [5, 5.41) is 2.95. The number of nitrogens with zero attached hydrogens (tertiary/aromatic N) is 1. The highest BCUT2D eigenvalue weighted by molar-refractivity contribution is 5.81. The highest BCUT2D eigenvalue weighted by Gasteiger charge is 2.18. The van der Waals surface area contributed by atoms with E-state index >= 15 is 0 Å². The van der Waals surface area contributed by atoms with E-state index in [2.05, 4.69) is 17.1 Å². The number of hydrogen-bond donors (Lipinski definition) is 2. The summed E-state index contributed by atoms with van der Waals surface area (Å²) in [6, 6.07) is -0.356. The van der Waals surface area contributed by atoms with E-state index in [0.29, 0.717) is 0 Å². The predicted octanol–water partition coefficient (Wildman–Crippen LogP) is 1.35. The van der Waals surface area contributed by atoms with E-state index in [1.165, 1.54) is 32.4 Å². The van der Waals surface area contributed by atoms with Crippen molar-refractivity contribution in [1.82, 2.24) is 10.2 Å². The van der Waals surface area contributed by atoms with Crippen LogP contribution in [0.3, 0.4) is 0 Å². The maximum Gasteiger partial charge on any atom is 0.237 e. The van der Waals surface area contributed by atoms with Crippen molar-refractivity contribution < 1.29 is 4.79 Å². The minimum Gasteiger partial charge on any atom is -0.355 e. The Morgan fingerprint density at radius 1 is 1.33 bits per heavy atom. The van der Waals surface area contributed by atoms with Crippen LogP contribution in [0.25, 0.3) is 0 Å². The lowest BCUT2D eigenvalue weighted by molar-refractivity contribution is -0.123. The Balaban J connectivity index is 2.07. The summed E-state index contributed by atoms with van der Waals surface area (Å²) >= 11 is 0. The van der Waals surface area contributed by atoms with E-state index in [1.807, 2.05) is 6.92 Å². The van der Waals surface area contributed by atoms with Gasteiger partial charge in [-0.05, 0) is 44.8 Å². The van der Waals surface area contributed by atoms with Gasteiger partial charge in [0.1, 0.15) is 0 Å². The Labute approximate surface area is 111 Å². The largest absolute Gasteiger partial charge is 0.355 e. The van der Waals surface area contributed by atoms with Gasteiger partial charge in [-0.3, -0.25) is 4.79 Å². The molecule has 1 fully saturated rings. The van der Waals surface area contributed by atoms with Gasteiger partial charge in [-0.2, -0.15) is 0 Å². The number of rotatable bonds is 7. The van der Waals surface area contributed by atoms with Crippen molar-refractivity contribution in [3.8, 4) is 0 Å². The van der Waals surface area contributed by atoms with Gasteiger partial charge in [0.05, 0.1) is 6.04 Å². The second kappa shape index (κ2) is 8.48. The van der Waals surface area contributed by atoms with Crippen LogP contribution >= 0.6 is 0 Å². The van der Waals surface area contributed by atoms with Crippen LogP contribution in [0.4, 0.5) is 0 Å². The van der Waals surface area contributed by atoms with Crippen molar-refractivity contribution in [2.45, 2.75) is 52.0 Å². The molecule has 0 spiro atoms. The molecule has 0 aromatic heterocycles. The van der Waals surface area contributed by atoms with Gasteiger partial charge in [0, 0.05) is 6.54 Å². The summed E-state index contributed by atoms with van der Waals surface area (Å²) in [5.41, 5.74) is 5.87. The van der Waals surface area contributed by atoms with Crippen LogP contribution in [-0.2, 0) is 4.79 Å². The summed E-state index contributed by atoms with van der Waals surface area (Å²) in [6.07, 6.45) is 5.99. The standard InChI is InChI=1S/C14H29N3O/c1-3-12(2)13(15)14(18)16-8-7-11-17-9-5-4-6-10-17/h12-13H,3-11,15H2,1-2H3,(H,16,18)/t12-,13-/m0/s1. The zero-order chi connectivity index (χ0) is 13.4. The van der Waals surface area contributed by atoms with Crippen molar-refractivity contribution in [3.63, 3.8) is 0 Å². The van der Waals surface area contributed by atoms with Crippen LogP contribution in [0, 0.1) is 5.92 Å². The first-order valence-corrected chi connectivity index (χ1v) is 7.40. The fourth-order valence-electron chi connectivity index (χ4n) is 2.33. The van der Waals surface area contributed by atoms with Crippen molar-refractivity contribution in [2.24, 2.45) is 11.7 Å². The van der Waals surface area contributed by atoms with Crippen molar-refractivity contribution >= 4 is 5.91 Å². The third kappa shape index (κ3) is 5.36. The molecular weight excluding hydrogens is 226 g/mol. The molecule has 0 saturated carbocycles. The number of carbonyl (C=O) groups excluding carboxylic acids is 1. The topological polar surface area (TPSA) is 58.4 Å². The van der Waals surface area contributed by atoms with E-state index in [0.717, 1.165) is 25.9 Å². The molecule has 4 heteroatoms. The number of piperidine rings is 1. The van der Waals surface area contributed by atoms with Crippen molar-refractivity contribution in [3.05, 3.63) is 0 Å². The Kier molecular flexibility index (Phi) is 7.28. The van der Waals surface area contributed by atoms with E-state index < -0.39 is 0 Å². The molecule has 4 nitrogen and oxygen atoms in total. The van der Waals surface area contributed by atoms with E-state index in [-0.39, 0.29) is 17.9 Å². The predicted molar refractivity (Wildman–Crippen MR) is 75.3 cm³/mol. The summed E-state index contributed by atoms with van der Waals surface area (Å²) in [4.78, 5) is 14.2. The van der Waals surface area contributed by atoms with Crippen LogP contribution in [0.15, 0.2) is 0 Å². The molecule has 0 aromatic rings. The van der Waals surface area contributed by atoms with Gasteiger partial charge in [0.25, 0.3) is 0 Å². The maximum absolute atomic E-state index is 11.7. The Morgan fingerprint density at radius 3 is 2.61 bits per heavy atom. The van der Waals surface area contributed by atoms with Crippen molar-refractivity contribution in [2.75, 3.05) is 26.2 Å². The first-order valence-electron chi connectivity index (χ1n) is 7.40. The number of nitrogens with two attached hydrogens (primary N) is 1. The van der Waals surface area contributed by atoms with Gasteiger partial charge < -0.3 is 16.0 Å². The molecule has 1 rings (SSSR count). The lowest BCUT2D eigenvalue weighted by atomic mass is 9.99. The van der Waals surface area contributed by atoms with E-state index in [1.54, 1.807) is 0 Å². The molecule has 106 valence electrons. The Morgan fingerprint density at radius 2 is 2.00 bits per heavy atom. The lowest BCUT2D eigenvalue weighted by Crippen LogP contribution is -2.45. The molecule has 0 aliphatic carbocycles. The second-order valence-electron chi connectivity index (χ2n) is 5.46. The third-order valence-corrected chi connectivity index (χ3v) is 3.96. The van der Waals surface area contributed by atoms with Gasteiger partial charge in [-0.15, -0.1) is 0 Å². The van der Waals surface area contributed by atoms with Crippen LogP contribution in [0.5, 0.6) is 0 Å². The zero-order valence-corrected chi connectivity index (χ0v) is 12.0. The monoisotopic (exact) mass is 255 g/mol. The molecule has 1 amide bonds. The summed E-state index contributed by atoms with van der Waals surface area (Å²) in [6.45, 7) is 8.38. The fraction of sp³-hybridized carbons (Fsp3) is 0.929. The molecule has 1 heterocycles. The first-order chi connectivity index (χ1) is 8.65. The fourth-order valence-corrected chi connectivity index (χ4v) is 2.33.